The van der Waals surface area contributed by atoms with Gasteiger partial charge in [-0.1, -0.05) is 25.0 Å². The number of hydrogen-bond acceptors (Lipinski definition) is 3. The van der Waals surface area contributed by atoms with Crippen LogP contribution in [0.25, 0.3) is 0 Å². The largest absolute Gasteiger partial charge is 0.481 e. The third-order valence-corrected chi connectivity index (χ3v) is 5.82. The normalized spacial score (nSPS) is 23.4. The summed E-state index contributed by atoms with van der Waals surface area (Å²) in [6.07, 6.45) is 7.62. The summed E-state index contributed by atoms with van der Waals surface area (Å²) < 4.78 is 0. The van der Waals surface area contributed by atoms with Gasteiger partial charge >= 0.3 is 12.0 Å². The first-order valence-corrected chi connectivity index (χ1v) is 9.67. The monoisotopic (exact) mass is 359 g/mol. The molecular weight excluding hydrogens is 330 g/mol. The Morgan fingerprint density at radius 1 is 1.04 bits per heavy atom. The molecule has 142 valence electrons. The molecule has 0 aliphatic heterocycles. The molecule has 0 bridgehead atoms. The molecular formula is C20H29N3O3. The van der Waals surface area contributed by atoms with Crippen molar-refractivity contribution in [3.05, 3.63) is 24.3 Å². The number of rotatable bonds is 5. The fraction of sp³-hybridized carbons (Fsp3) is 0.600. The van der Waals surface area contributed by atoms with E-state index in [0.29, 0.717) is 31.7 Å². The molecule has 6 nitrogen and oxygen atoms in total. The maximum atomic E-state index is 12.4. The average molecular weight is 359 g/mol. The summed E-state index contributed by atoms with van der Waals surface area (Å²) >= 11 is 0. The van der Waals surface area contributed by atoms with Crippen molar-refractivity contribution in [3.63, 3.8) is 0 Å². The van der Waals surface area contributed by atoms with Crippen LogP contribution in [0, 0.1) is 5.92 Å². The Kier molecular flexibility index (Phi) is 6.01. The molecule has 0 spiro atoms. The lowest BCUT2D eigenvalue weighted by atomic mass is 9.86. The predicted octanol–water partition coefficient (Wildman–Crippen LogP) is 3.83. The zero-order valence-corrected chi connectivity index (χ0v) is 15.4. The number of carbonyl (C=O) groups excluding carboxylic acids is 1. The Labute approximate surface area is 155 Å². The molecule has 0 atom stereocenters. The van der Waals surface area contributed by atoms with Crippen molar-refractivity contribution in [2.75, 3.05) is 17.3 Å². The second kappa shape index (κ2) is 8.43. The van der Waals surface area contributed by atoms with Gasteiger partial charge in [0.05, 0.1) is 17.3 Å². The molecule has 26 heavy (non-hydrogen) atoms. The number of aliphatic carboxylic acids is 1. The maximum absolute atomic E-state index is 12.4. The van der Waals surface area contributed by atoms with Crippen molar-refractivity contribution in [2.45, 2.75) is 63.5 Å². The topological polar surface area (TPSA) is 81.7 Å². The molecule has 0 saturated heterocycles. The number of nitrogens with one attached hydrogen (secondary N) is 2. The van der Waals surface area contributed by atoms with Crippen molar-refractivity contribution in [2.24, 2.45) is 5.92 Å². The van der Waals surface area contributed by atoms with E-state index < -0.39 is 5.97 Å². The van der Waals surface area contributed by atoms with Crippen LogP contribution in [-0.2, 0) is 4.79 Å². The SMILES string of the molecule is CN(c1ccccc1NC(=O)NC1CCC(C(=O)O)CC1)C1CCCC1. The number of carboxylic acid groups (broad SMARTS) is 1. The average Bonchev–Trinajstić information content (AvgIpc) is 3.16. The van der Waals surface area contributed by atoms with Gasteiger partial charge in [-0.25, -0.2) is 4.79 Å². The third kappa shape index (κ3) is 4.48. The molecule has 0 radical (unpaired) electrons. The number of urea groups is 1. The van der Waals surface area contributed by atoms with Gasteiger partial charge in [0.1, 0.15) is 0 Å². The van der Waals surface area contributed by atoms with E-state index >= 15 is 0 Å². The van der Waals surface area contributed by atoms with E-state index in [1.165, 1.54) is 25.7 Å². The molecule has 2 aliphatic rings. The number of para-hydroxylation sites is 2. The van der Waals surface area contributed by atoms with Crippen LogP contribution in [0.2, 0.25) is 0 Å². The third-order valence-electron chi connectivity index (χ3n) is 5.82. The number of carboxylic acids is 1. The summed E-state index contributed by atoms with van der Waals surface area (Å²) in [5, 5.41) is 15.1. The van der Waals surface area contributed by atoms with Crippen LogP contribution in [0.4, 0.5) is 16.2 Å². The van der Waals surface area contributed by atoms with Gasteiger partial charge in [-0.05, 0) is 50.7 Å². The van der Waals surface area contributed by atoms with Crippen LogP contribution < -0.4 is 15.5 Å². The van der Waals surface area contributed by atoms with E-state index in [4.69, 9.17) is 5.11 Å². The van der Waals surface area contributed by atoms with E-state index in [-0.39, 0.29) is 18.0 Å². The minimum Gasteiger partial charge on any atom is -0.481 e. The fourth-order valence-corrected chi connectivity index (χ4v) is 4.20. The van der Waals surface area contributed by atoms with E-state index in [0.717, 1.165) is 11.4 Å². The highest BCUT2D eigenvalue weighted by Crippen LogP contribution is 2.32. The first-order chi connectivity index (χ1) is 12.5. The number of nitrogens with zero attached hydrogens (tertiary/aromatic N) is 1. The highest BCUT2D eigenvalue weighted by molar-refractivity contribution is 5.93. The highest BCUT2D eigenvalue weighted by atomic mass is 16.4. The molecule has 0 unspecified atom stereocenters. The van der Waals surface area contributed by atoms with Crippen molar-refractivity contribution >= 4 is 23.4 Å². The number of carbonyl (C=O) groups is 2. The summed E-state index contributed by atoms with van der Waals surface area (Å²) in [4.78, 5) is 25.7. The number of benzene rings is 1. The van der Waals surface area contributed by atoms with E-state index in [2.05, 4.69) is 22.6 Å². The van der Waals surface area contributed by atoms with E-state index in [1.54, 1.807) is 0 Å². The molecule has 3 rings (SSSR count). The minimum absolute atomic E-state index is 0.0466. The van der Waals surface area contributed by atoms with Gasteiger partial charge in [-0.15, -0.1) is 0 Å². The van der Waals surface area contributed by atoms with E-state index in [9.17, 15) is 9.59 Å². The Bertz CT molecular complexity index is 635. The van der Waals surface area contributed by atoms with Crippen molar-refractivity contribution < 1.29 is 14.7 Å². The lowest BCUT2D eigenvalue weighted by Gasteiger charge is -2.29. The summed E-state index contributed by atoms with van der Waals surface area (Å²) in [5.41, 5.74) is 1.86. The summed E-state index contributed by atoms with van der Waals surface area (Å²) in [6.45, 7) is 0. The smallest absolute Gasteiger partial charge is 0.319 e. The molecule has 0 heterocycles. The van der Waals surface area contributed by atoms with Gasteiger partial charge in [-0.3, -0.25) is 4.79 Å². The van der Waals surface area contributed by atoms with Crippen LogP contribution >= 0.6 is 0 Å². The second-order valence-corrected chi connectivity index (χ2v) is 7.55. The van der Waals surface area contributed by atoms with Gasteiger partial charge in [0.25, 0.3) is 0 Å². The highest BCUT2D eigenvalue weighted by Gasteiger charge is 2.27. The molecule has 2 amide bonds. The Morgan fingerprint density at radius 3 is 2.35 bits per heavy atom. The number of hydrogen-bond donors (Lipinski definition) is 3. The second-order valence-electron chi connectivity index (χ2n) is 7.55. The van der Waals surface area contributed by atoms with Gasteiger partial charge in [0.2, 0.25) is 0 Å². The molecule has 0 aromatic heterocycles. The molecule has 2 fully saturated rings. The van der Waals surface area contributed by atoms with Crippen molar-refractivity contribution in [3.8, 4) is 0 Å². The van der Waals surface area contributed by atoms with Gasteiger partial charge in [0.15, 0.2) is 0 Å². The van der Waals surface area contributed by atoms with Crippen LogP contribution in [0.15, 0.2) is 24.3 Å². The quantitative estimate of drug-likeness (QED) is 0.746. The van der Waals surface area contributed by atoms with Gasteiger partial charge in [0, 0.05) is 19.1 Å². The molecule has 6 heteroatoms. The van der Waals surface area contributed by atoms with Crippen LogP contribution in [0.1, 0.15) is 51.4 Å². The van der Waals surface area contributed by atoms with Crippen molar-refractivity contribution in [1.29, 1.82) is 0 Å². The first-order valence-electron chi connectivity index (χ1n) is 9.67. The van der Waals surface area contributed by atoms with Crippen molar-refractivity contribution in [1.82, 2.24) is 5.32 Å². The fourth-order valence-electron chi connectivity index (χ4n) is 4.20. The van der Waals surface area contributed by atoms with Crippen LogP contribution in [-0.4, -0.2) is 36.2 Å². The van der Waals surface area contributed by atoms with Gasteiger partial charge < -0.3 is 20.6 Å². The lowest BCUT2D eigenvalue weighted by molar-refractivity contribution is -0.142. The first kappa shape index (κ1) is 18.5. The summed E-state index contributed by atoms with van der Waals surface area (Å²) in [5.74, 6) is -0.992. The van der Waals surface area contributed by atoms with Crippen LogP contribution in [0.3, 0.4) is 0 Å². The zero-order chi connectivity index (χ0) is 18.5. The van der Waals surface area contributed by atoms with E-state index in [1.807, 2.05) is 24.3 Å². The molecule has 2 saturated carbocycles. The molecule has 2 aliphatic carbocycles. The lowest BCUT2D eigenvalue weighted by Crippen LogP contribution is -2.41. The molecule has 3 N–H and O–H groups in total. The number of amides is 2. The Morgan fingerprint density at radius 2 is 1.69 bits per heavy atom. The number of anilines is 2. The summed E-state index contributed by atoms with van der Waals surface area (Å²) in [7, 11) is 2.10. The standard InChI is InChI=1S/C20H29N3O3/c1-23(16-6-2-3-7-16)18-9-5-4-8-17(18)22-20(26)21-15-12-10-14(11-13-15)19(24)25/h4-5,8-9,14-16H,2-3,6-7,10-13H2,1H3,(H,24,25)(H2,21,22,26). The Hall–Kier alpha value is -2.24. The molecule has 1 aromatic rings. The molecule has 1 aromatic carbocycles. The maximum Gasteiger partial charge on any atom is 0.319 e. The Balaban J connectivity index is 1.57. The van der Waals surface area contributed by atoms with Gasteiger partial charge in [-0.2, -0.15) is 0 Å². The summed E-state index contributed by atoms with van der Waals surface area (Å²) in [6, 6.07) is 8.28. The van der Waals surface area contributed by atoms with Crippen LogP contribution in [0.5, 0.6) is 0 Å². The zero-order valence-electron chi connectivity index (χ0n) is 15.4. The predicted molar refractivity (Wildman–Crippen MR) is 103 cm³/mol. The minimum atomic E-state index is -0.725.